The number of anilines is 1. The van der Waals surface area contributed by atoms with E-state index in [4.69, 9.17) is 9.47 Å². The molecule has 0 radical (unpaired) electrons. The molecule has 2 saturated heterocycles. The highest BCUT2D eigenvalue weighted by Gasteiger charge is 2.69. The SMILES string of the molecule is C=CC[C@@H]1N(c2ccccc2OC)C(=O)[C@H]2[C@@H](C(=O)[O-])[C@H]3C=C[C@@]12O3. The Balaban J connectivity index is 1.87. The molecule has 1 aromatic carbocycles. The van der Waals surface area contributed by atoms with Gasteiger partial charge < -0.3 is 24.3 Å². The molecule has 25 heavy (non-hydrogen) atoms. The van der Waals surface area contributed by atoms with Crippen LogP contribution in [0.25, 0.3) is 0 Å². The number of aliphatic carboxylic acids is 1. The van der Waals surface area contributed by atoms with Crippen LogP contribution < -0.4 is 14.7 Å². The summed E-state index contributed by atoms with van der Waals surface area (Å²) in [6.45, 7) is 3.79. The van der Waals surface area contributed by atoms with Crippen molar-refractivity contribution >= 4 is 17.6 Å². The molecule has 0 saturated carbocycles. The molecule has 1 aromatic rings. The van der Waals surface area contributed by atoms with Crippen molar-refractivity contribution in [3.63, 3.8) is 0 Å². The molecular weight excluding hydrogens is 322 g/mol. The normalized spacial score (nSPS) is 35.1. The number of rotatable bonds is 5. The Bertz CT molecular complexity index is 788. The second kappa shape index (κ2) is 5.46. The van der Waals surface area contributed by atoms with Crippen molar-refractivity contribution in [2.75, 3.05) is 12.0 Å². The average molecular weight is 340 g/mol. The van der Waals surface area contributed by atoms with Gasteiger partial charge in [0, 0.05) is 11.9 Å². The molecule has 3 aliphatic rings. The van der Waals surface area contributed by atoms with Crippen molar-refractivity contribution in [3.8, 4) is 5.75 Å². The van der Waals surface area contributed by atoms with E-state index in [2.05, 4.69) is 6.58 Å². The Hall–Kier alpha value is -2.60. The number of hydrogen-bond donors (Lipinski definition) is 0. The van der Waals surface area contributed by atoms with Crippen LogP contribution >= 0.6 is 0 Å². The van der Waals surface area contributed by atoms with Crippen LogP contribution in [0.2, 0.25) is 0 Å². The van der Waals surface area contributed by atoms with E-state index >= 15 is 0 Å². The van der Waals surface area contributed by atoms with Crippen molar-refractivity contribution < 1.29 is 24.2 Å². The van der Waals surface area contributed by atoms with Gasteiger partial charge in [0.15, 0.2) is 0 Å². The number of carboxylic acids is 1. The van der Waals surface area contributed by atoms with Crippen molar-refractivity contribution in [1.82, 2.24) is 0 Å². The van der Waals surface area contributed by atoms with Gasteiger partial charge >= 0.3 is 0 Å². The number of nitrogens with zero attached hydrogens (tertiary/aromatic N) is 1. The maximum atomic E-state index is 13.3. The van der Waals surface area contributed by atoms with E-state index in [0.717, 1.165) is 0 Å². The fraction of sp³-hybridized carbons (Fsp3) is 0.368. The zero-order valence-corrected chi connectivity index (χ0v) is 13.8. The van der Waals surface area contributed by atoms with Gasteiger partial charge in [-0.05, 0) is 18.6 Å². The highest BCUT2D eigenvalue weighted by atomic mass is 16.5. The van der Waals surface area contributed by atoms with E-state index in [1.807, 2.05) is 18.2 Å². The second-order valence-electron chi connectivity index (χ2n) is 6.54. The molecule has 3 heterocycles. The summed E-state index contributed by atoms with van der Waals surface area (Å²) in [5.74, 6) is -2.78. The van der Waals surface area contributed by atoms with Crippen molar-refractivity contribution in [2.24, 2.45) is 11.8 Å². The predicted molar refractivity (Wildman–Crippen MR) is 87.8 cm³/mol. The Morgan fingerprint density at radius 2 is 2.24 bits per heavy atom. The summed E-state index contributed by atoms with van der Waals surface area (Å²) < 4.78 is 11.4. The summed E-state index contributed by atoms with van der Waals surface area (Å²) in [7, 11) is 1.53. The Morgan fingerprint density at radius 1 is 1.48 bits per heavy atom. The number of hydrogen-bond acceptors (Lipinski definition) is 5. The van der Waals surface area contributed by atoms with E-state index in [1.54, 1.807) is 29.2 Å². The number of benzene rings is 1. The number of amides is 1. The third-order valence-electron chi connectivity index (χ3n) is 5.43. The molecule has 3 aliphatic heterocycles. The van der Waals surface area contributed by atoms with Crippen LogP contribution in [0, 0.1) is 11.8 Å². The lowest BCUT2D eigenvalue weighted by Gasteiger charge is -2.33. The van der Waals surface area contributed by atoms with Gasteiger partial charge in [-0.25, -0.2) is 0 Å². The van der Waals surface area contributed by atoms with Crippen molar-refractivity contribution in [1.29, 1.82) is 0 Å². The number of ether oxygens (including phenoxy) is 2. The zero-order valence-electron chi connectivity index (χ0n) is 13.8. The lowest BCUT2D eigenvalue weighted by atomic mass is 9.74. The van der Waals surface area contributed by atoms with Crippen LogP contribution in [-0.4, -0.2) is 36.7 Å². The third-order valence-corrected chi connectivity index (χ3v) is 5.43. The van der Waals surface area contributed by atoms with E-state index in [0.29, 0.717) is 17.9 Å². The maximum Gasteiger partial charge on any atom is 0.234 e. The van der Waals surface area contributed by atoms with E-state index in [-0.39, 0.29) is 11.9 Å². The van der Waals surface area contributed by atoms with E-state index in [1.165, 1.54) is 7.11 Å². The first-order valence-corrected chi connectivity index (χ1v) is 8.20. The molecule has 6 heteroatoms. The lowest BCUT2D eigenvalue weighted by Crippen LogP contribution is -2.46. The molecule has 130 valence electrons. The molecule has 0 aromatic heterocycles. The Morgan fingerprint density at radius 3 is 2.92 bits per heavy atom. The summed E-state index contributed by atoms with van der Waals surface area (Å²) in [6.07, 6.45) is 5.13. The highest BCUT2D eigenvalue weighted by molar-refractivity contribution is 6.04. The molecule has 0 unspecified atom stereocenters. The minimum atomic E-state index is -1.26. The third kappa shape index (κ3) is 1.94. The number of methoxy groups -OCH3 is 1. The van der Waals surface area contributed by atoms with Crippen LogP contribution in [0.15, 0.2) is 49.1 Å². The first-order valence-electron chi connectivity index (χ1n) is 8.20. The molecule has 0 N–H and O–H groups in total. The Kier molecular flexibility index (Phi) is 3.47. The van der Waals surface area contributed by atoms with Crippen LogP contribution in [0.5, 0.6) is 5.75 Å². The van der Waals surface area contributed by atoms with Crippen molar-refractivity contribution in [2.45, 2.75) is 24.2 Å². The zero-order chi connectivity index (χ0) is 17.8. The minimum Gasteiger partial charge on any atom is -0.550 e. The smallest absolute Gasteiger partial charge is 0.234 e. The highest BCUT2D eigenvalue weighted by Crippen LogP contribution is 2.57. The standard InChI is InChI=1S/C19H19NO5/c1-3-6-14-19-10-9-13(25-19)15(18(22)23)16(19)17(21)20(14)11-7-4-5-8-12(11)24-2/h3-5,7-10,13-16H,1,6H2,2H3,(H,22,23)/p-1/t13-,14+,15+,16-,19-/m1/s1. The van der Waals surface area contributed by atoms with E-state index in [9.17, 15) is 14.7 Å². The number of para-hydroxylation sites is 2. The second-order valence-corrected chi connectivity index (χ2v) is 6.54. The van der Waals surface area contributed by atoms with Crippen LogP contribution in [0.4, 0.5) is 5.69 Å². The molecule has 2 bridgehead atoms. The van der Waals surface area contributed by atoms with Gasteiger partial charge in [0.25, 0.3) is 0 Å². The molecule has 4 rings (SSSR count). The van der Waals surface area contributed by atoms with E-state index < -0.39 is 29.5 Å². The Labute approximate surface area is 145 Å². The van der Waals surface area contributed by atoms with Gasteiger partial charge in [0.2, 0.25) is 5.91 Å². The quantitative estimate of drug-likeness (QED) is 0.737. The van der Waals surface area contributed by atoms with Gasteiger partial charge in [-0.3, -0.25) is 4.79 Å². The fourth-order valence-electron chi connectivity index (χ4n) is 4.48. The fourth-order valence-corrected chi connectivity index (χ4v) is 4.48. The topological polar surface area (TPSA) is 78.9 Å². The average Bonchev–Trinajstić information content (AvgIpc) is 3.24. The van der Waals surface area contributed by atoms with Crippen LogP contribution in [0.1, 0.15) is 6.42 Å². The summed E-state index contributed by atoms with van der Waals surface area (Å²) in [6, 6.07) is 6.80. The first-order chi connectivity index (χ1) is 12.0. The number of carbonyl (C=O) groups excluding carboxylic acids is 2. The molecule has 6 nitrogen and oxygen atoms in total. The summed E-state index contributed by atoms with van der Waals surface area (Å²) in [5, 5.41) is 11.7. The van der Waals surface area contributed by atoms with Crippen LogP contribution in [-0.2, 0) is 14.3 Å². The number of carbonyl (C=O) groups is 2. The largest absolute Gasteiger partial charge is 0.550 e. The number of carboxylic acid groups (broad SMARTS) is 1. The number of fused-ring (bicyclic) bond motifs is 1. The van der Waals surface area contributed by atoms with Crippen LogP contribution in [0.3, 0.4) is 0 Å². The first kappa shape index (κ1) is 15.9. The van der Waals surface area contributed by atoms with Gasteiger partial charge in [-0.15, -0.1) is 6.58 Å². The molecule has 2 fully saturated rings. The molecule has 5 atom stereocenters. The van der Waals surface area contributed by atoms with Gasteiger partial charge in [-0.1, -0.05) is 30.4 Å². The molecule has 1 spiro atoms. The van der Waals surface area contributed by atoms with Gasteiger partial charge in [-0.2, -0.15) is 0 Å². The molecule has 1 amide bonds. The summed E-state index contributed by atoms with van der Waals surface area (Å²) in [5.41, 5.74) is -0.371. The van der Waals surface area contributed by atoms with Crippen molar-refractivity contribution in [3.05, 3.63) is 49.1 Å². The van der Waals surface area contributed by atoms with Gasteiger partial charge in [0.1, 0.15) is 11.4 Å². The lowest BCUT2D eigenvalue weighted by molar-refractivity contribution is -0.313. The predicted octanol–water partition coefficient (Wildman–Crippen LogP) is 0.676. The summed E-state index contributed by atoms with van der Waals surface area (Å²) >= 11 is 0. The maximum absolute atomic E-state index is 13.3. The minimum absolute atomic E-state index is 0.280. The van der Waals surface area contributed by atoms with Gasteiger partial charge in [0.05, 0.1) is 30.9 Å². The molecular formula is C19H18NO5-. The summed E-state index contributed by atoms with van der Waals surface area (Å²) in [4.78, 5) is 26.5. The molecule has 0 aliphatic carbocycles. The monoisotopic (exact) mass is 340 g/mol.